The highest BCUT2D eigenvalue weighted by molar-refractivity contribution is 6.07. The summed E-state index contributed by atoms with van der Waals surface area (Å²) in [5.41, 5.74) is 0.745. The van der Waals surface area contributed by atoms with Crippen molar-refractivity contribution in [1.82, 2.24) is 14.7 Å². The van der Waals surface area contributed by atoms with E-state index in [0.717, 1.165) is 29.4 Å². The van der Waals surface area contributed by atoms with Crippen molar-refractivity contribution in [3.63, 3.8) is 0 Å². The Morgan fingerprint density at radius 1 is 0.815 bits per heavy atom. The molecule has 2 aliphatic heterocycles. The predicted octanol–water partition coefficient (Wildman–Crippen LogP) is 1.75. The van der Waals surface area contributed by atoms with Crippen molar-refractivity contribution in [1.29, 1.82) is 0 Å². The maximum atomic E-state index is 13.0. The molecule has 3 amide bonds. The van der Waals surface area contributed by atoms with Crippen molar-refractivity contribution in [2.45, 2.75) is 12.8 Å². The van der Waals surface area contributed by atoms with Crippen molar-refractivity contribution in [2.24, 2.45) is 0 Å². The molecule has 0 spiro atoms. The Bertz CT molecular complexity index is 866. The lowest BCUT2D eigenvalue weighted by Crippen LogP contribution is -2.50. The van der Waals surface area contributed by atoms with Gasteiger partial charge in [-0.25, -0.2) is 0 Å². The summed E-state index contributed by atoms with van der Waals surface area (Å²) in [6, 6.07) is 13.8. The number of likely N-dealkylation sites (tertiary alicyclic amines) is 1. The molecular formula is C21H23N3O3. The standard InChI is InChI=1S/C21H23N3O3/c25-19-8-9-20(26)24(19)15-12-22-10-13-23(14-11-22)21(27)18-7-3-5-16-4-1-2-6-17(16)18/h1-7H,8-15H2. The fraction of sp³-hybridized carbons (Fsp3) is 0.381. The van der Waals surface area contributed by atoms with E-state index in [-0.39, 0.29) is 17.7 Å². The molecule has 0 aromatic heterocycles. The Morgan fingerprint density at radius 2 is 1.48 bits per heavy atom. The minimum atomic E-state index is -0.0650. The van der Waals surface area contributed by atoms with E-state index < -0.39 is 0 Å². The van der Waals surface area contributed by atoms with Crippen molar-refractivity contribution < 1.29 is 14.4 Å². The van der Waals surface area contributed by atoms with Gasteiger partial charge in [0.25, 0.3) is 5.91 Å². The zero-order valence-electron chi connectivity index (χ0n) is 15.3. The first-order valence-electron chi connectivity index (χ1n) is 9.46. The largest absolute Gasteiger partial charge is 0.336 e. The Morgan fingerprint density at radius 3 is 2.22 bits per heavy atom. The van der Waals surface area contributed by atoms with Gasteiger partial charge in [0, 0.05) is 57.7 Å². The number of amides is 3. The minimum absolute atomic E-state index is 0.0650. The highest BCUT2D eigenvalue weighted by Crippen LogP contribution is 2.21. The van der Waals surface area contributed by atoms with E-state index in [2.05, 4.69) is 4.90 Å². The summed E-state index contributed by atoms with van der Waals surface area (Å²) in [5.74, 6) is -0.0640. The summed E-state index contributed by atoms with van der Waals surface area (Å²) < 4.78 is 0. The number of fused-ring (bicyclic) bond motifs is 1. The van der Waals surface area contributed by atoms with Crippen LogP contribution in [-0.2, 0) is 9.59 Å². The second-order valence-electron chi connectivity index (χ2n) is 7.10. The molecule has 0 unspecified atom stereocenters. The van der Waals surface area contributed by atoms with Crippen molar-refractivity contribution in [3.05, 3.63) is 48.0 Å². The van der Waals surface area contributed by atoms with E-state index in [4.69, 9.17) is 0 Å². The first-order valence-corrected chi connectivity index (χ1v) is 9.46. The Labute approximate surface area is 158 Å². The number of piperazine rings is 1. The lowest BCUT2D eigenvalue weighted by molar-refractivity contribution is -0.138. The number of hydrogen-bond donors (Lipinski definition) is 0. The topological polar surface area (TPSA) is 60.9 Å². The molecule has 2 aromatic carbocycles. The molecule has 6 nitrogen and oxygen atoms in total. The van der Waals surface area contributed by atoms with Crippen LogP contribution < -0.4 is 0 Å². The van der Waals surface area contributed by atoms with Gasteiger partial charge < -0.3 is 4.90 Å². The smallest absolute Gasteiger partial charge is 0.254 e. The quantitative estimate of drug-likeness (QED) is 0.775. The van der Waals surface area contributed by atoms with Crippen LogP contribution in [0.3, 0.4) is 0 Å². The van der Waals surface area contributed by atoms with Gasteiger partial charge in [0.2, 0.25) is 11.8 Å². The Hall–Kier alpha value is -2.73. The van der Waals surface area contributed by atoms with Crippen molar-refractivity contribution in [2.75, 3.05) is 39.3 Å². The lowest BCUT2D eigenvalue weighted by Gasteiger charge is -2.35. The van der Waals surface area contributed by atoms with Gasteiger partial charge in [-0.05, 0) is 16.8 Å². The third-order valence-corrected chi connectivity index (χ3v) is 5.47. The average Bonchev–Trinajstić information content (AvgIpc) is 3.03. The first kappa shape index (κ1) is 17.7. The number of rotatable bonds is 4. The zero-order valence-corrected chi connectivity index (χ0v) is 15.3. The predicted molar refractivity (Wildman–Crippen MR) is 102 cm³/mol. The monoisotopic (exact) mass is 365 g/mol. The molecule has 0 saturated carbocycles. The fourth-order valence-electron chi connectivity index (χ4n) is 3.87. The van der Waals surface area contributed by atoms with Crippen LogP contribution >= 0.6 is 0 Å². The van der Waals surface area contributed by atoms with Crippen LogP contribution in [0.2, 0.25) is 0 Å². The summed E-state index contributed by atoms with van der Waals surface area (Å²) in [4.78, 5) is 41.9. The number of carbonyl (C=O) groups is 3. The lowest BCUT2D eigenvalue weighted by atomic mass is 10.0. The summed E-state index contributed by atoms with van der Waals surface area (Å²) in [6.07, 6.45) is 0.679. The van der Waals surface area contributed by atoms with Crippen LogP contribution in [0, 0.1) is 0 Å². The van der Waals surface area contributed by atoms with E-state index >= 15 is 0 Å². The molecule has 2 aromatic rings. The van der Waals surface area contributed by atoms with Crippen LogP contribution in [0.15, 0.2) is 42.5 Å². The molecule has 2 fully saturated rings. The molecule has 2 saturated heterocycles. The number of benzene rings is 2. The highest BCUT2D eigenvalue weighted by Gasteiger charge is 2.29. The molecule has 0 radical (unpaired) electrons. The molecule has 0 bridgehead atoms. The molecule has 140 valence electrons. The third-order valence-electron chi connectivity index (χ3n) is 5.47. The van der Waals surface area contributed by atoms with E-state index in [9.17, 15) is 14.4 Å². The van der Waals surface area contributed by atoms with E-state index in [0.29, 0.717) is 39.0 Å². The van der Waals surface area contributed by atoms with E-state index in [1.165, 1.54) is 4.90 Å². The van der Waals surface area contributed by atoms with Gasteiger partial charge in [-0.3, -0.25) is 24.2 Å². The normalized spacial score (nSPS) is 18.5. The van der Waals surface area contributed by atoms with Crippen LogP contribution in [-0.4, -0.2) is 71.7 Å². The molecule has 0 atom stereocenters. The van der Waals surface area contributed by atoms with Crippen molar-refractivity contribution >= 4 is 28.5 Å². The fourth-order valence-corrected chi connectivity index (χ4v) is 3.87. The maximum Gasteiger partial charge on any atom is 0.254 e. The minimum Gasteiger partial charge on any atom is -0.336 e. The summed E-state index contributed by atoms with van der Waals surface area (Å²) >= 11 is 0. The van der Waals surface area contributed by atoms with Crippen LogP contribution in [0.4, 0.5) is 0 Å². The van der Waals surface area contributed by atoms with Crippen LogP contribution in [0.1, 0.15) is 23.2 Å². The molecule has 6 heteroatoms. The molecular weight excluding hydrogens is 342 g/mol. The number of imide groups is 1. The molecule has 0 N–H and O–H groups in total. The molecule has 2 heterocycles. The summed E-state index contributed by atoms with van der Waals surface area (Å²) in [7, 11) is 0. The highest BCUT2D eigenvalue weighted by atomic mass is 16.2. The summed E-state index contributed by atoms with van der Waals surface area (Å²) in [6.45, 7) is 3.95. The molecule has 4 rings (SSSR count). The first-order chi connectivity index (χ1) is 13.1. The second-order valence-corrected chi connectivity index (χ2v) is 7.10. The number of hydrogen-bond acceptors (Lipinski definition) is 4. The van der Waals surface area contributed by atoms with Gasteiger partial charge in [-0.1, -0.05) is 36.4 Å². The van der Waals surface area contributed by atoms with Crippen LogP contribution in [0.5, 0.6) is 0 Å². The van der Waals surface area contributed by atoms with Gasteiger partial charge in [0.05, 0.1) is 0 Å². The molecule has 0 aliphatic carbocycles. The zero-order chi connectivity index (χ0) is 18.8. The Kier molecular flexibility index (Phi) is 4.90. The van der Waals surface area contributed by atoms with Crippen molar-refractivity contribution in [3.8, 4) is 0 Å². The third kappa shape index (κ3) is 3.57. The second kappa shape index (κ2) is 7.48. The van der Waals surface area contributed by atoms with Crippen LogP contribution in [0.25, 0.3) is 10.8 Å². The molecule has 27 heavy (non-hydrogen) atoms. The van der Waals surface area contributed by atoms with Gasteiger partial charge in [0.1, 0.15) is 0 Å². The maximum absolute atomic E-state index is 13.0. The van der Waals surface area contributed by atoms with Gasteiger partial charge >= 0.3 is 0 Å². The summed E-state index contributed by atoms with van der Waals surface area (Å²) in [5, 5.41) is 2.06. The SMILES string of the molecule is O=C(c1cccc2ccccc12)N1CCN(CCN2C(=O)CCC2=O)CC1. The average molecular weight is 365 g/mol. The van der Waals surface area contributed by atoms with E-state index in [1.54, 1.807) is 0 Å². The number of nitrogens with zero attached hydrogens (tertiary/aromatic N) is 3. The molecule has 2 aliphatic rings. The van der Waals surface area contributed by atoms with Gasteiger partial charge in [0.15, 0.2) is 0 Å². The van der Waals surface area contributed by atoms with Gasteiger partial charge in [-0.15, -0.1) is 0 Å². The number of carbonyl (C=O) groups excluding carboxylic acids is 3. The van der Waals surface area contributed by atoms with E-state index in [1.807, 2.05) is 47.4 Å². The Balaban J connectivity index is 1.35. The van der Waals surface area contributed by atoms with Gasteiger partial charge in [-0.2, -0.15) is 0 Å².